The number of hydrogen-bond acceptors (Lipinski definition) is 4. The lowest BCUT2D eigenvalue weighted by Gasteiger charge is -2.40. The van der Waals surface area contributed by atoms with Crippen LogP contribution in [0.25, 0.3) is 0 Å². The van der Waals surface area contributed by atoms with E-state index in [1.807, 2.05) is 0 Å². The van der Waals surface area contributed by atoms with E-state index in [2.05, 4.69) is 10.2 Å². The van der Waals surface area contributed by atoms with Crippen LogP contribution < -0.4 is 5.32 Å². The molecule has 0 aromatic heterocycles. The van der Waals surface area contributed by atoms with Crippen LogP contribution in [-0.2, 0) is 9.59 Å². The average Bonchev–Trinajstić information content (AvgIpc) is 2.37. The van der Waals surface area contributed by atoms with Gasteiger partial charge in [-0.3, -0.25) is 0 Å². The Morgan fingerprint density at radius 1 is 0.875 bits per heavy atom. The maximum atomic E-state index is 10.6. The Hall–Kier alpha value is -1.56. The van der Waals surface area contributed by atoms with Gasteiger partial charge in [0.2, 0.25) is 0 Å². The predicted octanol–water partition coefficient (Wildman–Crippen LogP) is 1.71. The minimum Gasteiger partial charge on any atom is -0.475 e. The summed E-state index contributed by atoms with van der Waals surface area (Å²) < 4.78 is 63.5. The first kappa shape index (κ1) is 22.4. The van der Waals surface area contributed by atoms with Gasteiger partial charge in [-0.25, -0.2) is 9.59 Å². The van der Waals surface area contributed by atoms with Gasteiger partial charge in [0.25, 0.3) is 0 Å². The lowest BCUT2D eigenvalue weighted by molar-refractivity contribution is -0.193. The molecule has 0 spiro atoms. The van der Waals surface area contributed by atoms with Crippen LogP contribution in [0.2, 0.25) is 0 Å². The standard InChI is InChI=1S/C8H16N2.2C2HF3O2/c1-6-10(7-1)8-2-4-9-5-3-8;2*3-2(4,5)1(6)7/h8-9H,1-7H2;2*(H,6,7). The molecule has 2 heterocycles. The van der Waals surface area contributed by atoms with Crippen LogP contribution in [0.1, 0.15) is 19.3 Å². The Bertz CT molecular complexity index is 379. The fourth-order valence-electron chi connectivity index (χ4n) is 1.88. The second-order valence-electron chi connectivity index (χ2n) is 4.98. The molecular weight excluding hydrogens is 350 g/mol. The molecule has 0 aliphatic carbocycles. The van der Waals surface area contributed by atoms with Crippen LogP contribution in [0.15, 0.2) is 0 Å². The fraction of sp³-hybridized carbons (Fsp3) is 0.833. The molecule has 24 heavy (non-hydrogen) atoms. The monoisotopic (exact) mass is 368 g/mol. The van der Waals surface area contributed by atoms with Gasteiger partial charge in [-0.2, -0.15) is 26.3 Å². The number of piperidine rings is 1. The molecule has 2 aliphatic rings. The van der Waals surface area contributed by atoms with Gasteiger partial charge in [0.05, 0.1) is 0 Å². The lowest BCUT2D eigenvalue weighted by Crippen LogP contribution is -2.49. The molecule has 0 atom stereocenters. The normalized spacial score (nSPS) is 19.1. The summed E-state index contributed by atoms with van der Waals surface area (Å²) in [5, 5.41) is 17.6. The highest BCUT2D eigenvalue weighted by atomic mass is 19.4. The largest absolute Gasteiger partial charge is 0.490 e. The molecule has 142 valence electrons. The summed E-state index contributed by atoms with van der Waals surface area (Å²) >= 11 is 0. The Morgan fingerprint density at radius 2 is 1.21 bits per heavy atom. The fourth-order valence-corrected chi connectivity index (χ4v) is 1.88. The molecule has 3 N–H and O–H groups in total. The summed E-state index contributed by atoms with van der Waals surface area (Å²) in [7, 11) is 0. The molecule has 2 rings (SSSR count). The molecule has 0 amide bonds. The summed E-state index contributed by atoms with van der Waals surface area (Å²) in [5.74, 6) is -5.51. The molecule has 0 radical (unpaired) electrons. The SMILES string of the molecule is C1CN(C2CCNCC2)C1.O=C(O)C(F)(F)F.O=C(O)C(F)(F)F. The molecule has 0 saturated carbocycles. The first-order valence-corrected chi connectivity index (χ1v) is 6.90. The van der Waals surface area contributed by atoms with Crippen molar-refractivity contribution in [3.63, 3.8) is 0 Å². The number of aliphatic carboxylic acids is 2. The van der Waals surface area contributed by atoms with E-state index in [1.54, 1.807) is 0 Å². The minimum atomic E-state index is -5.08. The van der Waals surface area contributed by atoms with E-state index in [4.69, 9.17) is 19.8 Å². The maximum absolute atomic E-state index is 10.6. The number of carboxylic acid groups (broad SMARTS) is 2. The van der Waals surface area contributed by atoms with Crippen molar-refractivity contribution in [2.75, 3.05) is 26.2 Å². The Morgan fingerprint density at radius 3 is 1.42 bits per heavy atom. The van der Waals surface area contributed by atoms with Crippen LogP contribution in [0.4, 0.5) is 26.3 Å². The minimum absolute atomic E-state index is 0.926. The van der Waals surface area contributed by atoms with Crippen molar-refractivity contribution < 1.29 is 46.1 Å². The summed E-state index contributed by atoms with van der Waals surface area (Å²) in [6.07, 6.45) is -5.98. The second-order valence-corrected chi connectivity index (χ2v) is 4.98. The second kappa shape index (κ2) is 9.67. The van der Waals surface area contributed by atoms with Crippen molar-refractivity contribution >= 4 is 11.9 Å². The number of carboxylic acids is 2. The van der Waals surface area contributed by atoms with E-state index >= 15 is 0 Å². The van der Waals surface area contributed by atoms with E-state index < -0.39 is 24.3 Å². The quantitative estimate of drug-likeness (QED) is 0.611. The third-order valence-electron chi connectivity index (χ3n) is 3.20. The van der Waals surface area contributed by atoms with E-state index in [9.17, 15) is 26.3 Å². The molecule has 12 heteroatoms. The van der Waals surface area contributed by atoms with E-state index in [0.29, 0.717) is 0 Å². The first-order chi connectivity index (χ1) is 10.9. The zero-order chi connectivity index (χ0) is 19.0. The van der Waals surface area contributed by atoms with Crippen LogP contribution in [-0.4, -0.2) is 71.6 Å². The third-order valence-corrected chi connectivity index (χ3v) is 3.20. The highest BCUT2D eigenvalue weighted by Gasteiger charge is 2.38. The van der Waals surface area contributed by atoms with Crippen LogP contribution in [0.3, 0.4) is 0 Å². The summed E-state index contributed by atoms with van der Waals surface area (Å²) in [4.78, 5) is 20.4. The average molecular weight is 368 g/mol. The van der Waals surface area contributed by atoms with Gasteiger partial charge < -0.3 is 20.4 Å². The smallest absolute Gasteiger partial charge is 0.475 e. The third kappa shape index (κ3) is 9.55. The van der Waals surface area contributed by atoms with E-state index in [0.717, 1.165) is 6.04 Å². The van der Waals surface area contributed by atoms with Gasteiger partial charge in [0, 0.05) is 6.04 Å². The van der Waals surface area contributed by atoms with Crippen molar-refractivity contribution in [3.8, 4) is 0 Å². The van der Waals surface area contributed by atoms with Crippen LogP contribution >= 0.6 is 0 Å². The molecule has 2 saturated heterocycles. The molecular formula is C12H18F6N2O4. The van der Waals surface area contributed by atoms with Gasteiger partial charge >= 0.3 is 24.3 Å². The zero-order valence-electron chi connectivity index (χ0n) is 12.5. The molecule has 0 aromatic carbocycles. The van der Waals surface area contributed by atoms with Gasteiger partial charge in [-0.1, -0.05) is 0 Å². The van der Waals surface area contributed by atoms with Gasteiger partial charge in [-0.05, 0) is 45.4 Å². The van der Waals surface area contributed by atoms with Crippen molar-refractivity contribution in [2.24, 2.45) is 0 Å². The highest BCUT2D eigenvalue weighted by molar-refractivity contribution is 5.73. The summed E-state index contributed by atoms with van der Waals surface area (Å²) in [6, 6.07) is 0.926. The van der Waals surface area contributed by atoms with Gasteiger partial charge in [-0.15, -0.1) is 0 Å². The number of carbonyl (C=O) groups is 2. The molecule has 6 nitrogen and oxygen atoms in total. The van der Waals surface area contributed by atoms with Crippen LogP contribution in [0.5, 0.6) is 0 Å². The number of alkyl halides is 6. The summed E-state index contributed by atoms with van der Waals surface area (Å²) in [5.41, 5.74) is 0. The highest BCUT2D eigenvalue weighted by Crippen LogP contribution is 2.17. The summed E-state index contributed by atoms with van der Waals surface area (Å²) in [6.45, 7) is 5.21. The number of halogens is 6. The zero-order valence-corrected chi connectivity index (χ0v) is 12.5. The van der Waals surface area contributed by atoms with Crippen molar-refractivity contribution in [3.05, 3.63) is 0 Å². The number of nitrogens with zero attached hydrogens (tertiary/aromatic N) is 1. The Kier molecular flexibility index (Phi) is 9.04. The molecule has 2 fully saturated rings. The molecule has 0 unspecified atom stereocenters. The van der Waals surface area contributed by atoms with Crippen molar-refractivity contribution in [1.29, 1.82) is 0 Å². The van der Waals surface area contributed by atoms with Gasteiger partial charge in [0.1, 0.15) is 0 Å². The van der Waals surface area contributed by atoms with Crippen molar-refractivity contribution in [2.45, 2.75) is 37.7 Å². The lowest BCUT2D eigenvalue weighted by atomic mass is 10.0. The predicted molar refractivity (Wildman–Crippen MR) is 69.5 cm³/mol. The van der Waals surface area contributed by atoms with Crippen LogP contribution in [0, 0.1) is 0 Å². The number of hydrogen-bond donors (Lipinski definition) is 3. The molecule has 0 bridgehead atoms. The Labute approximate surface area is 133 Å². The van der Waals surface area contributed by atoms with E-state index in [-0.39, 0.29) is 0 Å². The van der Waals surface area contributed by atoms with E-state index in [1.165, 1.54) is 45.4 Å². The molecule has 0 aromatic rings. The molecule has 2 aliphatic heterocycles. The maximum Gasteiger partial charge on any atom is 0.490 e. The number of nitrogens with one attached hydrogen (secondary N) is 1. The topological polar surface area (TPSA) is 89.9 Å². The van der Waals surface area contributed by atoms with Crippen molar-refractivity contribution in [1.82, 2.24) is 10.2 Å². The first-order valence-electron chi connectivity index (χ1n) is 6.90. The number of likely N-dealkylation sites (tertiary alicyclic amines) is 1. The Balaban J connectivity index is 0.000000343. The number of rotatable bonds is 1. The van der Waals surface area contributed by atoms with Gasteiger partial charge in [0.15, 0.2) is 0 Å².